The highest BCUT2D eigenvalue weighted by molar-refractivity contribution is 7.99. The third kappa shape index (κ3) is 6.14. The van der Waals surface area contributed by atoms with Crippen LogP contribution >= 0.6 is 11.8 Å². The molecule has 1 amide bonds. The lowest BCUT2D eigenvalue weighted by molar-refractivity contribution is 0.111. The number of hydrogen-bond acceptors (Lipinski definition) is 6. The van der Waals surface area contributed by atoms with Crippen molar-refractivity contribution in [2.45, 2.75) is 18.0 Å². The number of carbonyl (C=O) groups is 1. The average molecular weight is 455 g/mol. The van der Waals surface area contributed by atoms with Crippen LogP contribution in [0.25, 0.3) is 0 Å². The van der Waals surface area contributed by atoms with Gasteiger partial charge >= 0.3 is 6.09 Å². The second-order valence-corrected chi connectivity index (χ2v) is 9.10. The van der Waals surface area contributed by atoms with Crippen LogP contribution in [0.2, 0.25) is 0 Å². The fourth-order valence-electron chi connectivity index (χ4n) is 3.66. The molecule has 0 radical (unpaired) electrons. The quantitative estimate of drug-likeness (QED) is 0.488. The molecule has 3 heterocycles. The summed E-state index contributed by atoms with van der Waals surface area (Å²) in [7, 11) is 3.98. The first-order chi connectivity index (χ1) is 15.6. The van der Waals surface area contributed by atoms with Crippen LogP contribution in [0.3, 0.4) is 0 Å². The summed E-state index contributed by atoms with van der Waals surface area (Å²) in [4.78, 5) is 25.4. The van der Waals surface area contributed by atoms with Crippen molar-refractivity contribution in [3.63, 3.8) is 0 Å². The number of hydrogen-bond donors (Lipinski definition) is 0. The van der Waals surface area contributed by atoms with E-state index in [2.05, 4.69) is 21.1 Å². The van der Waals surface area contributed by atoms with Crippen molar-refractivity contribution in [3.05, 3.63) is 60.4 Å². The van der Waals surface area contributed by atoms with Gasteiger partial charge in [0.2, 0.25) is 0 Å². The topological polar surface area (TPSA) is 68.4 Å². The van der Waals surface area contributed by atoms with Gasteiger partial charge in [-0.05, 0) is 24.1 Å². The Morgan fingerprint density at radius 3 is 2.50 bits per heavy atom. The van der Waals surface area contributed by atoms with E-state index in [1.807, 2.05) is 66.2 Å². The normalized spacial score (nSPS) is 14.6. The number of imidazole rings is 2. The molecule has 9 heteroatoms. The molecule has 8 nitrogen and oxygen atoms in total. The number of amides is 1. The van der Waals surface area contributed by atoms with Gasteiger partial charge < -0.3 is 18.8 Å². The molecule has 0 N–H and O–H groups in total. The van der Waals surface area contributed by atoms with E-state index < -0.39 is 0 Å². The molecule has 1 aliphatic rings. The van der Waals surface area contributed by atoms with Gasteiger partial charge in [0.1, 0.15) is 5.75 Å². The van der Waals surface area contributed by atoms with Gasteiger partial charge in [-0.3, -0.25) is 4.90 Å². The number of ether oxygens (including phenoxy) is 1. The Morgan fingerprint density at radius 2 is 1.84 bits per heavy atom. The molecular formula is C23H30N6O2S. The van der Waals surface area contributed by atoms with Crippen molar-refractivity contribution >= 4 is 17.9 Å². The third-order valence-electron chi connectivity index (χ3n) is 5.60. The van der Waals surface area contributed by atoms with E-state index in [4.69, 9.17) is 4.74 Å². The third-order valence-corrected chi connectivity index (χ3v) is 6.66. The summed E-state index contributed by atoms with van der Waals surface area (Å²) in [6, 6.07) is 7.80. The minimum atomic E-state index is -0.271. The summed E-state index contributed by atoms with van der Waals surface area (Å²) < 4.78 is 9.58. The van der Waals surface area contributed by atoms with E-state index >= 15 is 0 Å². The number of piperazine rings is 1. The Hall–Kier alpha value is -2.78. The van der Waals surface area contributed by atoms with Gasteiger partial charge in [0, 0.05) is 77.6 Å². The molecule has 0 saturated carbocycles. The van der Waals surface area contributed by atoms with Crippen LogP contribution in [0.1, 0.15) is 11.3 Å². The van der Waals surface area contributed by atoms with E-state index in [0.717, 1.165) is 49.1 Å². The number of benzene rings is 1. The van der Waals surface area contributed by atoms with E-state index in [-0.39, 0.29) is 6.09 Å². The van der Waals surface area contributed by atoms with Gasteiger partial charge in [-0.2, -0.15) is 0 Å². The molecule has 3 aromatic rings. The molecule has 1 aliphatic heterocycles. The van der Waals surface area contributed by atoms with Crippen molar-refractivity contribution in [2.75, 3.05) is 38.5 Å². The second kappa shape index (κ2) is 10.7. The van der Waals surface area contributed by atoms with Gasteiger partial charge in [-0.25, -0.2) is 14.8 Å². The van der Waals surface area contributed by atoms with Crippen molar-refractivity contribution in [2.24, 2.45) is 14.1 Å². The molecule has 170 valence electrons. The Labute approximate surface area is 193 Å². The minimum absolute atomic E-state index is 0.271. The SMILES string of the molecule is Cn1cnc(CCN2CCN(C(=O)Oc3ccc(CCSc4nccn4C)cc3)CC2)c1. The van der Waals surface area contributed by atoms with Crippen molar-refractivity contribution in [1.29, 1.82) is 0 Å². The minimum Gasteiger partial charge on any atom is -0.410 e. The van der Waals surface area contributed by atoms with Crippen molar-refractivity contribution in [1.82, 2.24) is 28.9 Å². The average Bonchev–Trinajstić information content (AvgIpc) is 3.41. The molecule has 0 bridgehead atoms. The Bertz CT molecular complexity index is 1010. The van der Waals surface area contributed by atoms with Crippen molar-refractivity contribution < 1.29 is 9.53 Å². The molecular weight excluding hydrogens is 424 g/mol. The standard InChI is InChI=1S/C23H30N6O2S/c1-26-17-20(25-18-26)7-10-28-12-14-29(15-13-28)23(30)31-21-5-3-19(4-6-21)8-16-32-22-24-9-11-27(22)2/h3-6,9,11,17-18H,7-8,10,12-16H2,1-2H3. The zero-order chi connectivity index (χ0) is 22.3. The van der Waals surface area contributed by atoms with Gasteiger partial charge in [0.05, 0.1) is 12.0 Å². The summed E-state index contributed by atoms with van der Waals surface area (Å²) in [6.45, 7) is 4.04. The molecule has 4 rings (SSSR count). The molecule has 0 spiro atoms. The number of thioether (sulfide) groups is 1. The summed E-state index contributed by atoms with van der Waals surface area (Å²) >= 11 is 1.74. The number of aromatic nitrogens is 4. The second-order valence-electron chi connectivity index (χ2n) is 8.04. The Balaban J connectivity index is 1.16. The summed E-state index contributed by atoms with van der Waals surface area (Å²) in [5.74, 6) is 1.54. The lowest BCUT2D eigenvalue weighted by Crippen LogP contribution is -2.49. The molecule has 2 aromatic heterocycles. The molecule has 1 saturated heterocycles. The first-order valence-electron chi connectivity index (χ1n) is 10.9. The first kappa shape index (κ1) is 22.4. The molecule has 0 atom stereocenters. The molecule has 32 heavy (non-hydrogen) atoms. The summed E-state index contributed by atoms with van der Waals surface area (Å²) in [5.41, 5.74) is 2.32. The van der Waals surface area contributed by atoms with Crippen LogP contribution < -0.4 is 4.74 Å². The van der Waals surface area contributed by atoms with E-state index in [1.165, 1.54) is 5.56 Å². The first-order valence-corrected chi connectivity index (χ1v) is 11.9. The predicted molar refractivity (Wildman–Crippen MR) is 125 cm³/mol. The number of nitrogens with zero attached hydrogens (tertiary/aromatic N) is 6. The molecule has 1 aromatic carbocycles. The van der Waals surface area contributed by atoms with Crippen LogP contribution in [0.5, 0.6) is 5.75 Å². The largest absolute Gasteiger partial charge is 0.415 e. The maximum absolute atomic E-state index is 12.5. The summed E-state index contributed by atoms with van der Waals surface area (Å²) in [6.07, 6.45) is 9.24. The van der Waals surface area contributed by atoms with Crippen molar-refractivity contribution in [3.8, 4) is 5.75 Å². The molecule has 1 fully saturated rings. The van der Waals surface area contributed by atoms with Crippen LogP contribution in [0.15, 0.2) is 54.3 Å². The zero-order valence-electron chi connectivity index (χ0n) is 18.7. The van der Waals surface area contributed by atoms with E-state index in [0.29, 0.717) is 18.8 Å². The monoisotopic (exact) mass is 454 g/mol. The fourth-order valence-corrected chi connectivity index (χ4v) is 4.58. The predicted octanol–water partition coefficient (Wildman–Crippen LogP) is 2.85. The lowest BCUT2D eigenvalue weighted by Gasteiger charge is -2.33. The molecule has 0 unspecified atom stereocenters. The van der Waals surface area contributed by atoms with Gasteiger partial charge in [-0.1, -0.05) is 23.9 Å². The highest BCUT2D eigenvalue weighted by Gasteiger charge is 2.22. The lowest BCUT2D eigenvalue weighted by atomic mass is 10.2. The maximum Gasteiger partial charge on any atom is 0.415 e. The van der Waals surface area contributed by atoms with Gasteiger partial charge in [0.25, 0.3) is 0 Å². The van der Waals surface area contributed by atoms with E-state index in [1.54, 1.807) is 16.7 Å². The van der Waals surface area contributed by atoms with Gasteiger partial charge in [0.15, 0.2) is 5.16 Å². The Kier molecular flexibility index (Phi) is 7.49. The number of rotatable bonds is 8. The number of carbonyl (C=O) groups excluding carboxylic acids is 1. The fraction of sp³-hybridized carbons (Fsp3) is 0.435. The summed E-state index contributed by atoms with van der Waals surface area (Å²) in [5, 5.41) is 1.02. The van der Waals surface area contributed by atoms with Crippen LogP contribution in [0, 0.1) is 0 Å². The van der Waals surface area contributed by atoms with Crippen LogP contribution in [-0.2, 0) is 26.9 Å². The number of aryl methyl sites for hydroxylation is 3. The van der Waals surface area contributed by atoms with Crippen LogP contribution in [-0.4, -0.2) is 73.5 Å². The van der Waals surface area contributed by atoms with Crippen LogP contribution in [0.4, 0.5) is 4.79 Å². The highest BCUT2D eigenvalue weighted by atomic mass is 32.2. The Morgan fingerprint density at radius 1 is 1.06 bits per heavy atom. The van der Waals surface area contributed by atoms with Gasteiger partial charge in [-0.15, -0.1) is 0 Å². The maximum atomic E-state index is 12.5. The molecule has 0 aliphatic carbocycles. The highest BCUT2D eigenvalue weighted by Crippen LogP contribution is 2.19. The van der Waals surface area contributed by atoms with E-state index in [9.17, 15) is 4.79 Å². The zero-order valence-corrected chi connectivity index (χ0v) is 19.5. The smallest absolute Gasteiger partial charge is 0.410 e.